The van der Waals surface area contributed by atoms with Gasteiger partial charge in [-0.15, -0.1) is 0 Å². The zero-order valence-corrected chi connectivity index (χ0v) is 10.3. The topological polar surface area (TPSA) is 37.3 Å². The molecule has 0 amide bonds. The molecular weight excluding hydrogens is 244 g/mol. The van der Waals surface area contributed by atoms with Crippen LogP contribution in [0.3, 0.4) is 0 Å². The van der Waals surface area contributed by atoms with Crippen LogP contribution in [0.5, 0.6) is 0 Å². The van der Waals surface area contributed by atoms with E-state index in [9.17, 15) is 4.79 Å². The van der Waals surface area contributed by atoms with Crippen LogP contribution in [-0.4, -0.2) is 11.1 Å². The highest BCUT2D eigenvalue weighted by Gasteiger charge is 1.98. The Bertz CT molecular complexity index is 188. The predicted molar refractivity (Wildman–Crippen MR) is 62.6 cm³/mol. The van der Waals surface area contributed by atoms with Gasteiger partial charge in [-0.2, -0.15) is 0 Å². The number of rotatable bonds is 8. The largest absolute Gasteiger partial charge is 0.481 e. The average molecular weight is 263 g/mol. The van der Waals surface area contributed by atoms with E-state index in [-0.39, 0.29) is 6.42 Å². The number of carbonyl (C=O) groups is 1. The second-order valence-electron chi connectivity index (χ2n) is 3.42. The Labute approximate surface area is 94.5 Å². The van der Waals surface area contributed by atoms with E-state index in [4.69, 9.17) is 5.11 Å². The Morgan fingerprint density at radius 2 is 1.93 bits per heavy atom. The van der Waals surface area contributed by atoms with Crippen LogP contribution in [0.2, 0.25) is 0 Å². The van der Waals surface area contributed by atoms with Gasteiger partial charge in [0.2, 0.25) is 0 Å². The fraction of sp³-hybridized carbons (Fsp3) is 0.727. The molecule has 0 aliphatic rings. The van der Waals surface area contributed by atoms with Gasteiger partial charge in [0, 0.05) is 4.48 Å². The molecule has 0 atom stereocenters. The third-order valence-corrected chi connectivity index (χ3v) is 2.60. The first-order valence-corrected chi connectivity index (χ1v) is 6.02. The van der Waals surface area contributed by atoms with Gasteiger partial charge in [0.05, 0.1) is 6.42 Å². The van der Waals surface area contributed by atoms with Crippen LogP contribution in [0.25, 0.3) is 0 Å². The first-order valence-electron chi connectivity index (χ1n) is 5.23. The van der Waals surface area contributed by atoms with Crippen molar-refractivity contribution in [1.29, 1.82) is 0 Å². The summed E-state index contributed by atoms with van der Waals surface area (Å²) in [7, 11) is 0. The molecule has 0 saturated carbocycles. The summed E-state index contributed by atoms with van der Waals surface area (Å²) in [6.45, 7) is 2.20. The van der Waals surface area contributed by atoms with Crippen LogP contribution in [0.1, 0.15) is 51.9 Å². The van der Waals surface area contributed by atoms with Crippen molar-refractivity contribution >= 4 is 21.9 Å². The number of carboxylic acid groups (broad SMARTS) is 1. The Morgan fingerprint density at radius 1 is 1.29 bits per heavy atom. The second-order valence-corrected chi connectivity index (χ2v) is 4.44. The quantitative estimate of drug-likeness (QED) is 0.669. The maximum atomic E-state index is 10.3. The van der Waals surface area contributed by atoms with Crippen LogP contribution in [-0.2, 0) is 4.79 Å². The molecule has 14 heavy (non-hydrogen) atoms. The monoisotopic (exact) mass is 262 g/mol. The normalized spacial score (nSPS) is 11.7. The summed E-state index contributed by atoms with van der Waals surface area (Å²) >= 11 is 3.24. The number of hydrogen-bond donors (Lipinski definition) is 1. The summed E-state index contributed by atoms with van der Waals surface area (Å²) < 4.78 is 0.792. The number of aliphatic carboxylic acids is 1. The summed E-state index contributed by atoms with van der Waals surface area (Å²) in [6.07, 6.45) is 9.33. The molecule has 0 aliphatic carbocycles. The van der Waals surface area contributed by atoms with Gasteiger partial charge in [-0.3, -0.25) is 4.79 Å². The summed E-state index contributed by atoms with van der Waals surface area (Å²) in [6, 6.07) is 0. The van der Waals surface area contributed by atoms with E-state index in [1.54, 1.807) is 0 Å². The van der Waals surface area contributed by atoms with Crippen LogP contribution in [0.4, 0.5) is 0 Å². The van der Waals surface area contributed by atoms with E-state index in [0.717, 1.165) is 17.3 Å². The molecule has 82 valence electrons. The zero-order chi connectivity index (χ0) is 10.8. The van der Waals surface area contributed by atoms with E-state index in [2.05, 4.69) is 22.9 Å². The maximum Gasteiger partial charge on any atom is 0.308 e. The highest BCUT2D eigenvalue weighted by Crippen LogP contribution is 2.13. The van der Waals surface area contributed by atoms with Crippen LogP contribution >= 0.6 is 15.9 Å². The fourth-order valence-corrected chi connectivity index (χ4v) is 1.69. The number of carboxylic acids is 1. The van der Waals surface area contributed by atoms with Crippen molar-refractivity contribution in [2.24, 2.45) is 0 Å². The molecule has 1 N–H and O–H groups in total. The van der Waals surface area contributed by atoms with Crippen molar-refractivity contribution in [2.75, 3.05) is 0 Å². The Kier molecular flexibility index (Phi) is 9.05. The number of unbranched alkanes of at least 4 members (excludes halogenated alkanes) is 5. The third-order valence-electron chi connectivity index (χ3n) is 1.99. The molecule has 0 aromatic carbocycles. The first kappa shape index (κ1) is 13.7. The third kappa shape index (κ3) is 9.78. The van der Waals surface area contributed by atoms with Gasteiger partial charge in [0.15, 0.2) is 0 Å². The minimum absolute atomic E-state index is 0.106. The molecule has 0 aromatic rings. The van der Waals surface area contributed by atoms with Gasteiger partial charge in [-0.05, 0) is 12.8 Å². The second kappa shape index (κ2) is 9.25. The van der Waals surface area contributed by atoms with Crippen molar-refractivity contribution in [3.63, 3.8) is 0 Å². The summed E-state index contributed by atoms with van der Waals surface area (Å²) in [5.41, 5.74) is 0. The molecule has 0 spiro atoms. The SMILES string of the molecule is CCCCCCC/C=C(/Br)CC(=O)O. The van der Waals surface area contributed by atoms with E-state index in [0.29, 0.717) is 0 Å². The number of allylic oxidation sites excluding steroid dienone is 1. The van der Waals surface area contributed by atoms with Crippen molar-refractivity contribution in [3.8, 4) is 0 Å². The lowest BCUT2D eigenvalue weighted by Crippen LogP contribution is -1.92. The number of halogens is 1. The Hall–Kier alpha value is -0.310. The molecule has 0 aromatic heterocycles. The molecule has 0 fully saturated rings. The lowest BCUT2D eigenvalue weighted by Gasteiger charge is -1.97. The van der Waals surface area contributed by atoms with Crippen LogP contribution in [0, 0.1) is 0 Å². The first-order chi connectivity index (χ1) is 6.66. The summed E-state index contributed by atoms with van der Waals surface area (Å²) in [5, 5.41) is 8.49. The molecule has 0 rings (SSSR count). The molecule has 0 aliphatic heterocycles. The minimum Gasteiger partial charge on any atom is -0.481 e. The van der Waals surface area contributed by atoms with Crippen LogP contribution < -0.4 is 0 Å². The molecular formula is C11H19BrO2. The Balaban J connectivity index is 3.36. The lowest BCUT2D eigenvalue weighted by atomic mass is 10.1. The standard InChI is InChI=1S/C11H19BrO2/c1-2-3-4-5-6-7-8-10(12)9-11(13)14/h8H,2-7,9H2,1H3,(H,13,14)/b10-8+. The highest BCUT2D eigenvalue weighted by molar-refractivity contribution is 9.11. The van der Waals surface area contributed by atoms with Crippen molar-refractivity contribution in [2.45, 2.75) is 51.9 Å². The van der Waals surface area contributed by atoms with Crippen LogP contribution in [0.15, 0.2) is 10.6 Å². The van der Waals surface area contributed by atoms with E-state index < -0.39 is 5.97 Å². The van der Waals surface area contributed by atoms with E-state index in [1.807, 2.05) is 6.08 Å². The van der Waals surface area contributed by atoms with Gasteiger partial charge < -0.3 is 5.11 Å². The molecule has 3 heteroatoms. The molecule has 0 saturated heterocycles. The van der Waals surface area contributed by atoms with Gasteiger partial charge in [-0.25, -0.2) is 0 Å². The van der Waals surface area contributed by atoms with Crippen molar-refractivity contribution in [3.05, 3.63) is 10.6 Å². The van der Waals surface area contributed by atoms with Crippen molar-refractivity contribution < 1.29 is 9.90 Å². The molecule has 2 nitrogen and oxygen atoms in total. The number of hydrogen-bond acceptors (Lipinski definition) is 1. The molecule has 0 heterocycles. The van der Waals surface area contributed by atoms with Gasteiger partial charge in [-0.1, -0.05) is 54.6 Å². The Morgan fingerprint density at radius 3 is 2.50 bits per heavy atom. The van der Waals surface area contributed by atoms with Gasteiger partial charge in [0.25, 0.3) is 0 Å². The van der Waals surface area contributed by atoms with E-state index >= 15 is 0 Å². The smallest absolute Gasteiger partial charge is 0.308 e. The predicted octanol–water partition coefficient (Wildman–Crippen LogP) is 4.10. The average Bonchev–Trinajstić information content (AvgIpc) is 2.10. The molecule has 0 unspecified atom stereocenters. The maximum absolute atomic E-state index is 10.3. The summed E-state index contributed by atoms with van der Waals surface area (Å²) in [5.74, 6) is -0.779. The van der Waals surface area contributed by atoms with Gasteiger partial charge >= 0.3 is 5.97 Å². The molecule has 0 bridgehead atoms. The zero-order valence-electron chi connectivity index (χ0n) is 8.76. The van der Waals surface area contributed by atoms with Gasteiger partial charge in [0.1, 0.15) is 0 Å². The van der Waals surface area contributed by atoms with Crippen molar-refractivity contribution in [1.82, 2.24) is 0 Å². The van der Waals surface area contributed by atoms with E-state index in [1.165, 1.54) is 25.7 Å². The fourth-order valence-electron chi connectivity index (χ4n) is 1.22. The molecule has 0 radical (unpaired) electrons. The minimum atomic E-state index is -0.779. The highest BCUT2D eigenvalue weighted by atomic mass is 79.9. The lowest BCUT2D eigenvalue weighted by molar-refractivity contribution is -0.136. The summed E-state index contributed by atoms with van der Waals surface area (Å²) in [4.78, 5) is 10.3.